The van der Waals surface area contributed by atoms with E-state index in [1.54, 1.807) is 0 Å². The van der Waals surface area contributed by atoms with Crippen LogP contribution in [0.3, 0.4) is 0 Å². The lowest BCUT2D eigenvalue weighted by Crippen LogP contribution is -2.13. The molecule has 0 saturated heterocycles. The van der Waals surface area contributed by atoms with Gasteiger partial charge in [-0.3, -0.25) is 4.79 Å². The van der Waals surface area contributed by atoms with Gasteiger partial charge in [0, 0.05) is 16.3 Å². The number of halogens is 5. The van der Waals surface area contributed by atoms with Gasteiger partial charge in [0.1, 0.15) is 0 Å². The maximum atomic E-state index is 12.7. The standard InChI is InChI=1S/C14H8Cl2F3NO/c15-9-3-1-8(2-4-9)13(21)20-10-5-6-12(16)11(7-10)14(17,18)19/h1-7H,(H,20,21). The highest BCUT2D eigenvalue weighted by atomic mass is 35.5. The number of amides is 1. The molecule has 0 aromatic heterocycles. The summed E-state index contributed by atoms with van der Waals surface area (Å²) in [6.07, 6.45) is -4.59. The van der Waals surface area contributed by atoms with Crippen LogP contribution in [0.15, 0.2) is 42.5 Å². The molecule has 21 heavy (non-hydrogen) atoms. The highest BCUT2D eigenvalue weighted by Crippen LogP contribution is 2.36. The summed E-state index contributed by atoms with van der Waals surface area (Å²) >= 11 is 11.2. The van der Waals surface area contributed by atoms with Crippen molar-refractivity contribution in [1.29, 1.82) is 0 Å². The predicted octanol–water partition coefficient (Wildman–Crippen LogP) is 5.26. The first-order valence-electron chi connectivity index (χ1n) is 5.71. The molecule has 0 fully saturated rings. The molecule has 0 bridgehead atoms. The number of hydrogen-bond acceptors (Lipinski definition) is 1. The lowest BCUT2D eigenvalue weighted by Gasteiger charge is -2.11. The molecular weight excluding hydrogens is 326 g/mol. The Hall–Kier alpha value is -1.72. The maximum Gasteiger partial charge on any atom is 0.417 e. The van der Waals surface area contributed by atoms with Crippen LogP contribution in [0.1, 0.15) is 15.9 Å². The number of hydrogen-bond donors (Lipinski definition) is 1. The lowest BCUT2D eigenvalue weighted by atomic mass is 10.1. The minimum absolute atomic E-state index is 0.00618. The number of carbonyl (C=O) groups is 1. The monoisotopic (exact) mass is 333 g/mol. The molecule has 0 aliphatic rings. The van der Waals surface area contributed by atoms with Crippen LogP contribution >= 0.6 is 23.2 Å². The Morgan fingerprint density at radius 3 is 2.19 bits per heavy atom. The van der Waals surface area contributed by atoms with Crippen LogP contribution in [0, 0.1) is 0 Å². The Labute approximate surface area is 128 Å². The third kappa shape index (κ3) is 3.89. The summed E-state index contributed by atoms with van der Waals surface area (Å²) in [7, 11) is 0. The molecule has 0 unspecified atom stereocenters. The zero-order valence-corrected chi connectivity index (χ0v) is 11.9. The number of alkyl halides is 3. The molecule has 0 heterocycles. The van der Waals surface area contributed by atoms with E-state index in [0.717, 1.165) is 12.1 Å². The minimum atomic E-state index is -4.59. The summed E-state index contributed by atoms with van der Waals surface area (Å²) in [5.74, 6) is -0.540. The molecule has 2 rings (SSSR count). The largest absolute Gasteiger partial charge is 0.417 e. The van der Waals surface area contributed by atoms with Crippen LogP contribution in [0.2, 0.25) is 10.0 Å². The van der Waals surface area contributed by atoms with Crippen LogP contribution in [-0.2, 0) is 6.18 Å². The first kappa shape index (κ1) is 15.7. The molecule has 7 heteroatoms. The van der Waals surface area contributed by atoms with Gasteiger partial charge in [0.25, 0.3) is 5.91 Å². The zero-order valence-electron chi connectivity index (χ0n) is 10.3. The van der Waals surface area contributed by atoms with Crippen LogP contribution < -0.4 is 5.32 Å². The van der Waals surface area contributed by atoms with E-state index in [-0.39, 0.29) is 11.3 Å². The van der Waals surface area contributed by atoms with Gasteiger partial charge in [-0.1, -0.05) is 23.2 Å². The summed E-state index contributed by atoms with van der Waals surface area (Å²) in [5.41, 5.74) is -0.715. The quantitative estimate of drug-likeness (QED) is 0.797. The van der Waals surface area contributed by atoms with E-state index < -0.39 is 22.7 Å². The van der Waals surface area contributed by atoms with Gasteiger partial charge in [0.05, 0.1) is 10.6 Å². The highest BCUT2D eigenvalue weighted by Gasteiger charge is 2.33. The Morgan fingerprint density at radius 1 is 1.00 bits per heavy atom. The smallest absolute Gasteiger partial charge is 0.322 e. The molecule has 1 N–H and O–H groups in total. The first-order valence-corrected chi connectivity index (χ1v) is 6.46. The molecule has 0 aliphatic heterocycles. The second-order valence-electron chi connectivity index (χ2n) is 4.15. The molecule has 0 spiro atoms. The van der Waals surface area contributed by atoms with Crippen LogP contribution in [0.25, 0.3) is 0 Å². The van der Waals surface area contributed by atoms with Crippen molar-refractivity contribution in [3.05, 3.63) is 63.6 Å². The Morgan fingerprint density at radius 2 is 1.62 bits per heavy atom. The van der Waals surface area contributed by atoms with Gasteiger partial charge in [-0.25, -0.2) is 0 Å². The van der Waals surface area contributed by atoms with Gasteiger partial charge in [0.15, 0.2) is 0 Å². The Kier molecular flexibility index (Phi) is 4.44. The van der Waals surface area contributed by atoms with Crippen molar-refractivity contribution in [1.82, 2.24) is 0 Å². The lowest BCUT2D eigenvalue weighted by molar-refractivity contribution is -0.137. The second-order valence-corrected chi connectivity index (χ2v) is 5.00. The van der Waals surface area contributed by atoms with E-state index in [0.29, 0.717) is 5.02 Å². The van der Waals surface area contributed by atoms with E-state index in [1.807, 2.05) is 0 Å². The normalized spacial score (nSPS) is 11.3. The third-order valence-electron chi connectivity index (χ3n) is 2.64. The topological polar surface area (TPSA) is 29.1 Å². The second kappa shape index (κ2) is 5.95. The van der Waals surface area contributed by atoms with Gasteiger partial charge < -0.3 is 5.32 Å². The van der Waals surface area contributed by atoms with Crippen molar-refractivity contribution < 1.29 is 18.0 Å². The van der Waals surface area contributed by atoms with Gasteiger partial charge in [0.2, 0.25) is 0 Å². The van der Waals surface area contributed by atoms with E-state index in [2.05, 4.69) is 5.32 Å². The van der Waals surface area contributed by atoms with E-state index in [4.69, 9.17) is 23.2 Å². The fourth-order valence-corrected chi connectivity index (χ4v) is 1.98. The Balaban J connectivity index is 2.24. The first-order chi connectivity index (χ1) is 9.77. The van der Waals surface area contributed by atoms with Crippen molar-refractivity contribution in [3.8, 4) is 0 Å². The zero-order chi connectivity index (χ0) is 15.6. The van der Waals surface area contributed by atoms with Gasteiger partial charge in [-0.15, -0.1) is 0 Å². The number of benzene rings is 2. The van der Waals surface area contributed by atoms with Crippen molar-refractivity contribution in [2.45, 2.75) is 6.18 Å². The van der Waals surface area contributed by atoms with Crippen LogP contribution in [-0.4, -0.2) is 5.91 Å². The molecule has 0 atom stereocenters. The predicted molar refractivity (Wildman–Crippen MR) is 75.9 cm³/mol. The van der Waals surface area contributed by atoms with E-state index in [1.165, 1.54) is 30.3 Å². The number of anilines is 1. The highest BCUT2D eigenvalue weighted by molar-refractivity contribution is 6.31. The van der Waals surface area contributed by atoms with Gasteiger partial charge in [-0.05, 0) is 42.5 Å². The van der Waals surface area contributed by atoms with Crippen LogP contribution in [0.4, 0.5) is 18.9 Å². The molecule has 110 valence electrons. The van der Waals surface area contributed by atoms with Gasteiger partial charge in [-0.2, -0.15) is 13.2 Å². The van der Waals surface area contributed by atoms with E-state index in [9.17, 15) is 18.0 Å². The molecule has 0 radical (unpaired) electrons. The van der Waals surface area contributed by atoms with Crippen molar-refractivity contribution in [2.24, 2.45) is 0 Å². The number of carbonyl (C=O) groups excluding carboxylic acids is 1. The minimum Gasteiger partial charge on any atom is -0.322 e. The fraction of sp³-hybridized carbons (Fsp3) is 0.0714. The molecule has 2 aromatic rings. The number of rotatable bonds is 2. The molecule has 2 nitrogen and oxygen atoms in total. The number of nitrogens with one attached hydrogen (secondary N) is 1. The maximum absolute atomic E-state index is 12.7. The summed E-state index contributed by atoms with van der Waals surface area (Å²) < 4.78 is 38.2. The molecule has 0 saturated carbocycles. The molecule has 2 aromatic carbocycles. The van der Waals surface area contributed by atoms with Crippen LogP contribution in [0.5, 0.6) is 0 Å². The van der Waals surface area contributed by atoms with Crippen molar-refractivity contribution in [2.75, 3.05) is 5.32 Å². The third-order valence-corrected chi connectivity index (χ3v) is 3.22. The molecule has 1 amide bonds. The molecular formula is C14H8Cl2F3NO. The summed E-state index contributed by atoms with van der Waals surface area (Å²) in [4.78, 5) is 11.9. The SMILES string of the molecule is O=C(Nc1ccc(Cl)c(C(F)(F)F)c1)c1ccc(Cl)cc1. The van der Waals surface area contributed by atoms with Crippen molar-refractivity contribution in [3.63, 3.8) is 0 Å². The molecule has 0 aliphatic carbocycles. The summed E-state index contributed by atoms with van der Waals surface area (Å²) in [6, 6.07) is 9.14. The summed E-state index contributed by atoms with van der Waals surface area (Å²) in [6.45, 7) is 0. The van der Waals surface area contributed by atoms with E-state index >= 15 is 0 Å². The Bertz CT molecular complexity index is 669. The summed E-state index contributed by atoms with van der Waals surface area (Å²) in [5, 5.41) is 2.41. The average molecular weight is 334 g/mol. The average Bonchev–Trinajstić information content (AvgIpc) is 2.40. The fourth-order valence-electron chi connectivity index (χ4n) is 1.62. The van der Waals surface area contributed by atoms with Gasteiger partial charge >= 0.3 is 6.18 Å². The van der Waals surface area contributed by atoms with Crippen molar-refractivity contribution >= 4 is 34.8 Å².